The lowest BCUT2D eigenvalue weighted by atomic mass is 9.71. The molecule has 1 N–H and O–H groups in total. The second kappa shape index (κ2) is 6.97. The van der Waals surface area contributed by atoms with E-state index < -0.39 is 0 Å². The number of rotatable bonds is 5. The Balaban J connectivity index is 2.05. The van der Waals surface area contributed by atoms with Crippen LogP contribution in [-0.2, 0) is 6.54 Å². The molecule has 2 rings (SSSR count). The van der Waals surface area contributed by atoms with Crippen LogP contribution in [0.3, 0.4) is 0 Å². The highest BCUT2D eigenvalue weighted by atomic mass is 35.5. The Kier molecular flexibility index (Phi) is 5.50. The Morgan fingerprint density at radius 1 is 1.38 bits per heavy atom. The summed E-state index contributed by atoms with van der Waals surface area (Å²) in [4.78, 5) is 4.56. The zero-order valence-corrected chi connectivity index (χ0v) is 14.3. The van der Waals surface area contributed by atoms with Crippen LogP contribution in [0.5, 0.6) is 5.88 Å². The smallest absolute Gasteiger partial charge is 0.213 e. The van der Waals surface area contributed by atoms with E-state index in [1.807, 2.05) is 12.1 Å². The zero-order chi connectivity index (χ0) is 15.5. The van der Waals surface area contributed by atoms with Crippen molar-refractivity contribution in [2.24, 2.45) is 11.3 Å². The summed E-state index contributed by atoms with van der Waals surface area (Å²) in [5, 5.41) is 3.95. The summed E-state index contributed by atoms with van der Waals surface area (Å²) >= 11 is 6.19. The third-order valence-corrected chi connectivity index (χ3v) is 4.41. The topological polar surface area (TPSA) is 34.2 Å². The number of ether oxygens (including phenoxy) is 1. The number of pyridine rings is 1. The summed E-state index contributed by atoms with van der Waals surface area (Å²) in [5.41, 5.74) is 1.21. The van der Waals surface area contributed by atoms with Crippen LogP contribution in [0, 0.1) is 11.3 Å². The van der Waals surface area contributed by atoms with Crippen molar-refractivity contribution < 1.29 is 4.74 Å². The summed E-state index contributed by atoms with van der Waals surface area (Å²) in [6.45, 7) is 10.6. The van der Waals surface area contributed by atoms with Gasteiger partial charge in [-0.2, -0.15) is 0 Å². The molecule has 2 unspecified atom stereocenters. The van der Waals surface area contributed by atoms with Gasteiger partial charge in [-0.25, -0.2) is 4.98 Å². The molecule has 0 aromatic carbocycles. The third kappa shape index (κ3) is 4.86. The van der Waals surface area contributed by atoms with Crippen LogP contribution in [0.25, 0.3) is 0 Å². The Morgan fingerprint density at radius 2 is 2.14 bits per heavy atom. The zero-order valence-electron chi connectivity index (χ0n) is 13.6. The molecule has 1 aromatic heterocycles. The number of halogens is 1. The molecular weight excluding hydrogens is 284 g/mol. The van der Waals surface area contributed by atoms with Crippen LogP contribution in [0.15, 0.2) is 12.1 Å². The fourth-order valence-electron chi connectivity index (χ4n) is 3.42. The lowest BCUT2D eigenvalue weighted by molar-refractivity contribution is 0.0531. The second-order valence-electron chi connectivity index (χ2n) is 7.01. The molecule has 0 amide bonds. The van der Waals surface area contributed by atoms with Gasteiger partial charge in [-0.05, 0) is 43.2 Å². The van der Waals surface area contributed by atoms with Gasteiger partial charge in [0.15, 0.2) is 0 Å². The summed E-state index contributed by atoms with van der Waals surface area (Å²) in [6.07, 6.45) is 3.72. The third-order valence-electron chi connectivity index (χ3n) is 4.07. The predicted octanol–water partition coefficient (Wildman–Crippen LogP) is 4.44. The first-order valence-corrected chi connectivity index (χ1v) is 8.30. The molecule has 3 nitrogen and oxygen atoms in total. The normalized spacial score (nSPS) is 24.8. The largest absolute Gasteiger partial charge is 0.474 e. The van der Waals surface area contributed by atoms with Crippen LogP contribution in [0.4, 0.5) is 0 Å². The van der Waals surface area contributed by atoms with Crippen molar-refractivity contribution in [3.63, 3.8) is 0 Å². The van der Waals surface area contributed by atoms with E-state index in [1.165, 1.54) is 6.42 Å². The number of hydrogen-bond donors (Lipinski definition) is 1. The molecule has 0 saturated heterocycles. The molecule has 4 heteroatoms. The fourth-order valence-corrected chi connectivity index (χ4v) is 3.59. The minimum atomic E-state index is 0.254. The molecule has 1 aliphatic rings. The SMILES string of the molecule is CCNCc1nc(OC2CC(C)CC(C)(C)C2)ccc1Cl. The van der Waals surface area contributed by atoms with Gasteiger partial charge >= 0.3 is 0 Å². The van der Waals surface area contributed by atoms with Gasteiger partial charge in [-0.1, -0.05) is 39.3 Å². The molecule has 1 aromatic rings. The fraction of sp³-hybridized carbons (Fsp3) is 0.706. The molecule has 1 fully saturated rings. The van der Waals surface area contributed by atoms with Gasteiger partial charge in [-0.3, -0.25) is 0 Å². The Morgan fingerprint density at radius 3 is 2.81 bits per heavy atom. The molecule has 2 atom stereocenters. The van der Waals surface area contributed by atoms with Crippen LogP contribution < -0.4 is 10.1 Å². The van der Waals surface area contributed by atoms with Gasteiger partial charge in [0, 0.05) is 12.6 Å². The highest BCUT2D eigenvalue weighted by molar-refractivity contribution is 6.31. The van der Waals surface area contributed by atoms with Gasteiger partial charge in [0.05, 0.1) is 10.7 Å². The molecule has 1 saturated carbocycles. The van der Waals surface area contributed by atoms with Gasteiger partial charge in [0.1, 0.15) is 6.10 Å². The number of nitrogens with zero attached hydrogens (tertiary/aromatic N) is 1. The first-order chi connectivity index (χ1) is 9.89. The van der Waals surface area contributed by atoms with E-state index >= 15 is 0 Å². The minimum Gasteiger partial charge on any atom is -0.474 e. The van der Waals surface area contributed by atoms with Crippen molar-refractivity contribution in [1.82, 2.24) is 10.3 Å². The number of nitrogens with one attached hydrogen (secondary N) is 1. The second-order valence-corrected chi connectivity index (χ2v) is 7.42. The molecule has 1 aliphatic carbocycles. The van der Waals surface area contributed by atoms with E-state index in [4.69, 9.17) is 16.3 Å². The summed E-state index contributed by atoms with van der Waals surface area (Å²) in [7, 11) is 0. The van der Waals surface area contributed by atoms with E-state index in [1.54, 1.807) is 0 Å². The van der Waals surface area contributed by atoms with E-state index in [-0.39, 0.29) is 6.10 Å². The summed E-state index contributed by atoms with van der Waals surface area (Å²) in [6, 6.07) is 3.76. The first-order valence-electron chi connectivity index (χ1n) is 7.92. The predicted molar refractivity (Wildman–Crippen MR) is 87.8 cm³/mol. The van der Waals surface area contributed by atoms with Gasteiger partial charge < -0.3 is 10.1 Å². The molecule has 0 aliphatic heterocycles. The van der Waals surface area contributed by atoms with E-state index in [0.29, 0.717) is 28.8 Å². The minimum absolute atomic E-state index is 0.254. The van der Waals surface area contributed by atoms with Crippen molar-refractivity contribution in [1.29, 1.82) is 0 Å². The monoisotopic (exact) mass is 310 g/mol. The van der Waals surface area contributed by atoms with Gasteiger partial charge in [0.2, 0.25) is 5.88 Å². The van der Waals surface area contributed by atoms with Crippen molar-refractivity contribution in [3.05, 3.63) is 22.8 Å². The molecule has 0 bridgehead atoms. The first kappa shape index (κ1) is 16.6. The highest BCUT2D eigenvalue weighted by Crippen LogP contribution is 2.39. The lowest BCUT2D eigenvalue weighted by Crippen LogP contribution is -2.34. The van der Waals surface area contributed by atoms with Crippen LogP contribution >= 0.6 is 11.6 Å². The van der Waals surface area contributed by atoms with E-state index in [9.17, 15) is 0 Å². The van der Waals surface area contributed by atoms with Gasteiger partial charge in [-0.15, -0.1) is 0 Å². The average molecular weight is 311 g/mol. The molecule has 1 heterocycles. The van der Waals surface area contributed by atoms with Gasteiger partial charge in [0.25, 0.3) is 0 Å². The van der Waals surface area contributed by atoms with Crippen molar-refractivity contribution in [2.75, 3.05) is 6.54 Å². The highest BCUT2D eigenvalue weighted by Gasteiger charge is 2.33. The lowest BCUT2D eigenvalue weighted by Gasteiger charge is -2.38. The van der Waals surface area contributed by atoms with E-state index in [0.717, 1.165) is 25.1 Å². The molecule has 0 radical (unpaired) electrons. The molecule has 0 spiro atoms. The number of hydrogen-bond acceptors (Lipinski definition) is 3. The maximum atomic E-state index is 6.19. The molecular formula is C17H27ClN2O. The Labute approximate surface area is 133 Å². The Hall–Kier alpha value is -0.800. The van der Waals surface area contributed by atoms with Crippen LogP contribution in [-0.4, -0.2) is 17.6 Å². The maximum absolute atomic E-state index is 6.19. The van der Waals surface area contributed by atoms with Crippen molar-refractivity contribution in [3.8, 4) is 5.88 Å². The summed E-state index contributed by atoms with van der Waals surface area (Å²) < 4.78 is 6.14. The maximum Gasteiger partial charge on any atom is 0.213 e. The van der Waals surface area contributed by atoms with Crippen LogP contribution in [0.2, 0.25) is 5.02 Å². The number of aromatic nitrogens is 1. The van der Waals surface area contributed by atoms with Crippen molar-refractivity contribution >= 4 is 11.6 Å². The Bertz CT molecular complexity index is 476. The van der Waals surface area contributed by atoms with Crippen molar-refractivity contribution in [2.45, 2.75) is 59.6 Å². The standard InChI is InChI=1S/C17H27ClN2O/c1-5-19-11-15-14(18)6-7-16(20-15)21-13-8-12(2)9-17(3,4)10-13/h6-7,12-13,19H,5,8-11H2,1-4H3. The quantitative estimate of drug-likeness (QED) is 0.873. The summed E-state index contributed by atoms with van der Waals surface area (Å²) in [5.74, 6) is 1.40. The van der Waals surface area contributed by atoms with Crippen LogP contribution in [0.1, 0.15) is 52.7 Å². The average Bonchev–Trinajstić information content (AvgIpc) is 2.37. The molecule has 21 heavy (non-hydrogen) atoms. The van der Waals surface area contributed by atoms with E-state index in [2.05, 4.69) is 38.0 Å². The molecule has 118 valence electrons.